The van der Waals surface area contributed by atoms with Gasteiger partial charge in [-0.3, -0.25) is 14.9 Å². The van der Waals surface area contributed by atoms with Crippen LogP contribution in [0.25, 0.3) is 10.9 Å². The number of fused-ring (bicyclic) bond motifs is 1. The Morgan fingerprint density at radius 3 is 2.57 bits per heavy atom. The molecule has 0 radical (unpaired) electrons. The van der Waals surface area contributed by atoms with E-state index in [4.69, 9.17) is 0 Å². The maximum Gasteiger partial charge on any atom is 0.416 e. The Morgan fingerprint density at radius 2 is 1.93 bits per heavy atom. The van der Waals surface area contributed by atoms with Crippen molar-refractivity contribution in [2.75, 3.05) is 11.9 Å². The molecule has 11 heteroatoms. The number of rotatable bonds is 5. The normalized spacial score (nSPS) is 15.2. The highest BCUT2D eigenvalue weighted by molar-refractivity contribution is 5.86. The predicted molar refractivity (Wildman–Crippen MR) is 99.8 cm³/mol. The Labute approximate surface area is 165 Å². The summed E-state index contributed by atoms with van der Waals surface area (Å²) in [6.45, 7) is 0.0588. The van der Waals surface area contributed by atoms with Gasteiger partial charge in [0.25, 0.3) is 11.2 Å². The van der Waals surface area contributed by atoms with Gasteiger partial charge in [-0.2, -0.15) is 13.2 Å². The Bertz CT molecular complexity index is 1220. The third-order valence-electron chi connectivity index (χ3n) is 5.26. The topological polar surface area (TPSA) is 101 Å². The lowest BCUT2D eigenvalue weighted by atomic mass is 9.93. The number of hydrogen-bond acceptors (Lipinski definition) is 5. The maximum absolute atomic E-state index is 13.8. The number of benzene rings is 2. The second-order valence-corrected chi connectivity index (χ2v) is 7.24. The van der Waals surface area contributed by atoms with Crippen LogP contribution in [-0.2, 0) is 11.6 Å². The van der Waals surface area contributed by atoms with Crippen LogP contribution in [0.1, 0.15) is 24.0 Å². The molecule has 1 aliphatic rings. The lowest BCUT2D eigenvalue weighted by Crippen LogP contribution is -2.21. The van der Waals surface area contributed by atoms with Gasteiger partial charge in [0.2, 0.25) is 0 Å². The van der Waals surface area contributed by atoms with Crippen molar-refractivity contribution in [2.45, 2.75) is 24.4 Å². The Morgan fingerprint density at radius 1 is 1.20 bits per heavy atom. The van der Waals surface area contributed by atoms with Gasteiger partial charge in [0.15, 0.2) is 0 Å². The van der Waals surface area contributed by atoms with Crippen LogP contribution in [0.4, 0.5) is 28.9 Å². The van der Waals surface area contributed by atoms with E-state index in [0.717, 1.165) is 24.5 Å². The second kappa shape index (κ2) is 6.78. The number of H-pyrrole nitrogens is 1. The molecule has 1 fully saturated rings. The quantitative estimate of drug-likeness (QED) is 0.366. The molecule has 30 heavy (non-hydrogen) atoms. The standard InChI is InChI=1S/C19H14F4N4O3/c20-12-4-10(3-11(5-12)19(21,22)23)18(1-2-18)8-24-15-7-14-13(6-16(15)27(29)30)17(28)26-9-25-14/h3-7,9,24H,1-2,8H2,(H,25,26,28). The van der Waals surface area contributed by atoms with E-state index >= 15 is 0 Å². The highest BCUT2D eigenvalue weighted by atomic mass is 19.4. The van der Waals surface area contributed by atoms with Crippen molar-refractivity contribution in [3.63, 3.8) is 0 Å². The molecular formula is C19H14F4N4O3. The van der Waals surface area contributed by atoms with Crippen LogP contribution in [0.3, 0.4) is 0 Å². The first-order valence-electron chi connectivity index (χ1n) is 8.87. The minimum absolute atomic E-state index is 0.0378. The number of hydrogen-bond donors (Lipinski definition) is 2. The minimum atomic E-state index is -4.68. The van der Waals surface area contributed by atoms with Crippen molar-refractivity contribution < 1.29 is 22.5 Å². The summed E-state index contributed by atoms with van der Waals surface area (Å²) >= 11 is 0. The number of aromatic amines is 1. The zero-order valence-electron chi connectivity index (χ0n) is 15.2. The van der Waals surface area contributed by atoms with Crippen molar-refractivity contribution in [1.82, 2.24) is 9.97 Å². The van der Waals surface area contributed by atoms with Crippen LogP contribution in [0.5, 0.6) is 0 Å². The number of alkyl halides is 3. The SMILES string of the molecule is O=c1[nH]cnc2cc(NCC3(c4cc(F)cc(C(F)(F)F)c4)CC3)c([N+](=O)[O-])cc12. The van der Waals surface area contributed by atoms with E-state index in [1.165, 1.54) is 6.07 Å². The van der Waals surface area contributed by atoms with Gasteiger partial charge < -0.3 is 10.3 Å². The first kappa shape index (κ1) is 19.8. The van der Waals surface area contributed by atoms with E-state index in [0.29, 0.717) is 18.9 Å². The molecular weight excluding hydrogens is 408 g/mol. The number of aromatic nitrogens is 2. The molecule has 1 aromatic heterocycles. The van der Waals surface area contributed by atoms with E-state index in [9.17, 15) is 32.5 Å². The summed E-state index contributed by atoms with van der Waals surface area (Å²) in [5.74, 6) is -0.994. The van der Waals surface area contributed by atoms with Gasteiger partial charge in [-0.25, -0.2) is 9.37 Å². The van der Waals surface area contributed by atoms with E-state index in [-0.39, 0.29) is 34.4 Å². The highest BCUT2D eigenvalue weighted by Gasteiger charge is 2.46. The fourth-order valence-corrected chi connectivity index (χ4v) is 3.44. The largest absolute Gasteiger partial charge is 0.416 e. The number of nitro benzene ring substituents is 1. The van der Waals surface area contributed by atoms with E-state index in [2.05, 4.69) is 15.3 Å². The van der Waals surface area contributed by atoms with Crippen molar-refractivity contribution in [3.8, 4) is 0 Å². The molecule has 2 N–H and O–H groups in total. The molecule has 2 aromatic carbocycles. The lowest BCUT2D eigenvalue weighted by Gasteiger charge is -2.19. The summed E-state index contributed by atoms with van der Waals surface area (Å²) in [5.41, 5.74) is -2.28. The van der Waals surface area contributed by atoms with E-state index in [1.54, 1.807) is 0 Å². The Balaban J connectivity index is 1.68. The van der Waals surface area contributed by atoms with E-state index < -0.39 is 33.5 Å². The second-order valence-electron chi connectivity index (χ2n) is 7.24. The van der Waals surface area contributed by atoms with Crippen molar-refractivity contribution in [3.05, 3.63) is 74.1 Å². The summed E-state index contributed by atoms with van der Waals surface area (Å²) in [6.07, 6.45) is -2.52. The zero-order valence-corrected chi connectivity index (χ0v) is 15.2. The van der Waals surface area contributed by atoms with Gasteiger partial charge in [-0.05, 0) is 42.7 Å². The van der Waals surface area contributed by atoms with E-state index in [1.807, 2.05) is 0 Å². The third kappa shape index (κ3) is 3.58. The van der Waals surface area contributed by atoms with Gasteiger partial charge >= 0.3 is 6.18 Å². The molecule has 156 valence electrons. The molecule has 4 rings (SSSR count). The van der Waals surface area contributed by atoms with Crippen molar-refractivity contribution in [2.24, 2.45) is 0 Å². The monoisotopic (exact) mass is 422 g/mol. The van der Waals surface area contributed by atoms with Crippen LogP contribution in [-0.4, -0.2) is 21.4 Å². The minimum Gasteiger partial charge on any atom is -0.379 e. The molecule has 3 aromatic rings. The molecule has 0 bridgehead atoms. The van der Waals surface area contributed by atoms with Gasteiger partial charge in [-0.1, -0.05) is 0 Å². The van der Waals surface area contributed by atoms with Gasteiger partial charge in [-0.15, -0.1) is 0 Å². The molecule has 1 heterocycles. The number of nitrogens with zero attached hydrogens (tertiary/aromatic N) is 2. The van der Waals surface area contributed by atoms with Gasteiger partial charge in [0, 0.05) is 18.0 Å². The molecule has 0 saturated heterocycles. The third-order valence-corrected chi connectivity index (χ3v) is 5.26. The summed E-state index contributed by atoms with van der Waals surface area (Å²) in [5, 5.41) is 14.4. The molecule has 0 unspecified atom stereocenters. The van der Waals surface area contributed by atoms with Crippen molar-refractivity contribution in [1.29, 1.82) is 0 Å². The lowest BCUT2D eigenvalue weighted by molar-refractivity contribution is -0.383. The number of anilines is 1. The average Bonchev–Trinajstić information content (AvgIpc) is 3.46. The molecule has 0 aliphatic heterocycles. The first-order chi connectivity index (χ1) is 14.1. The first-order valence-corrected chi connectivity index (χ1v) is 8.87. The predicted octanol–water partition coefficient (Wildman–Crippen LogP) is 4.13. The van der Waals surface area contributed by atoms with Crippen LogP contribution < -0.4 is 10.9 Å². The summed E-state index contributed by atoms with van der Waals surface area (Å²) in [4.78, 5) is 28.9. The molecule has 7 nitrogen and oxygen atoms in total. The van der Waals surface area contributed by atoms with Crippen LogP contribution in [0.2, 0.25) is 0 Å². The van der Waals surface area contributed by atoms with Gasteiger partial charge in [0.1, 0.15) is 11.5 Å². The molecule has 0 spiro atoms. The zero-order chi connectivity index (χ0) is 21.7. The van der Waals surface area contributed by atoms with Crippen LogP contribution in [0.15, 0.2) is 41.5 Å². The van der Waals surface area contributed by atoms with Crippen LogP contribution >= 0.6 is 0 Å². The Kier molecular flexibility index (Phi) is 4.48. The molecule has 1 aliphatic carbocycles. The van der Waals surface area contributed by atoms with Crippen molar-refractivity contribution >= 4 is 22.3 Å². The Hall–Kier alpha value is -3.50. The average molecular weight is 422 g/mol. The number of nitro groups is 1. The summed E-state index contributed by atoms with van der Waals surface area (Å²) in [7, 11) is 0. The smallest absolute Gasteiger partial charge is 0.379 e. The molecule has 0 atom stereocenters. The van der Waals surface area contributed by atoms with Gasteiger partial charge in [0.05, 0.1) is 27.7 Å². The molecule has 0 amide bonds. The summed E-state index contributed by atoms with van der Waals surface area (Å²) < 4.78 is 52.9. The van der Waals surface area contributed by atoms with Crippen LogP contribution in [0, 0.1) is 15.9 Å². The fraction of sp³-hybridized carbons (Fsp3) is 0.263. The maximum atomic E-state index is 13.8. The number of halogens is 4. The number of nitrogens with one attached hydrogen (secondary N) is 2. The summed E-state index contributed by atoms with van der Waals surface area (Å²) in [6, 6.07) is 4.83. The fourth-order valence-electron chi connectivity index (χ4n) is 3.44. The molecule has 1 saturated carbocycles. The highest BCUT2D eigenvalue weighted by Crippen LogP contribution is 2.49.